The van der Waals surface area contributed by atoms with Crippen LogP contribution in [0.1, 0.15) is 37.0 Å². The maximum atomic E-state index is 15.0. The van der Waals surface area contributed by atoms with Crippen molar-refractivity contribution >= 4 is 23.4 Å². The topological polar surface area (TPSA) is 61.4 Å². The maximum absolute atomic E-state index is 15.0. The molecule has 7 heteroatoms. The van der Waals surface area contributed by atoms with E-state index in [9.17, 15) is 14.0 Å². The molecule has 2 N–H and O–H groups in total. The first kappa shape index (κ1) is 19.7. The molecule has 0 radical (unpaired) electrons. The highest BCUT2D eigenvalue weighted by molar-refractivity contribution is 6.20. The molecular formula is C18H25ClFN3O2. The zero-order valence-electron chi connectivity index (χ0n) is 14.6. The monoisotopic (exact) mass is 369 g/mol. The number of halogens is 2. The second kappa shape index (κ2) is 8.63. The van der Waals surface area contributed by atoms with Gasteiger partial charge in [0.05, 0.1) is 18.6 Å². The van der Waals surface area contributed by atoms with Gasteiger partial charge in [0.1, 0.15) is 5.67 Å². The van der Waals surface area contributed by atoms with Crippen molar-refractivity contribution in [3.63, 3.8) is 0 Å². The summed E-state index contributed by atoms with van der Waals surface area (Å²) >= 11 is 6.27. The number of rotatable bonds is 6. The largest absolute Gasteiger partial charge is 0.353 e. The zero-order chi connectivity index (χ0) is 18.4. The Kier molecular flexibility index (Phi) is 6.79. The fourth-order valence-electron chi connectivity index (χ4n) is 2.84. The highest BCUT2D eigenvalue weighted by atomic mass is 35.5. The van der Waals surface area contributed by atoms with Crippen molar-refractivity contribution in [1.82, 2.24) is 15.5 Å². The number of likely N-dealkylation sites (tertiary alicyclic amines) is 1. The summed E-state index contributed by atoms with van der Waals surface area (Å²) < 4.78 is 15.0. The third kappa shape index (κ3) is 5.97. The van der Waals surface area contributed by atoms with Gasteiger partial charge in [0.25, 0.3) is 5.91 Å². The molecule has 2 unspecified atom stereocenters. The van der Waals surface area contributed by atoms with Crippen molar-refractivity contribution in [3.05, 3.63) is 35.9 Å². The molecule has 1 saturated heterocycles. The number of benzene rings is 1. The highest BCUT2D eigenvalue weighted by Gasteiger charge is 2.40. The first-order valence-electron chi connectivity index (χ1n) is 8.49. The molecule has 1 heterocycles. The van der Waals surface area contributed by atoms with E-state index in [1.165, 1.54) is 0 Å². The standard InChI is InChI=1S/C18H25ClFN3O2/c1-13(2)22-16(24)11-23-9-8-18(20,10-15(23)19)12-21-17(25)14-6-4-3-5-7-14/h3-7,13,15H,8-12H2,1-2H3,(H,21,25)(H,22,24). The van der Waals surface area contributed by atoms with E-state index in [4.69, 9.17) is 11.6 Å². The number of piperidine rings is 1. The van der Waals surface area contributed by atoms with Gasteiger partial charge in [-0.3, -0.25) is 14.5 Å². The van der Waals surface area contributed by atoms with Gasteiger partial charge in [0, 0.05) is 24.6 Å². The molecule has 2 atom stereocenters. The molecule has 2 amide bonds. The molecule has 138 valence electrons. The molecular weight excluding hydrogens is 345 g/mol. The molecule has 2 rings (SSSR count). The van der Waals surface area contributed by atoms with E-state index in [1.807, 2.05) is 19.9 Å². The van der Waals surface area contributed by atoms with E-state index in [-0.39, 0.29) is 43.8 Å². The van der Waals surface area contributed by atoms with Crippen LogP contribution in [0.2, 0.25) is 0 Å². The highest BCUT2D eigenvalue weighted by Crippen LogP contribution is 2.31. The minimum atomic E-state index is -1.57. The van der Waals surface area contributed by atoms with Crippen LogP contribution in [0, 0.1) is 0 Å². The summed E-state index contributed by atoms with van der Waals surface area (Å²) in [5.74, 6) is -0.424. The third-order valence-corrected chi connectivity index (χ3v) is 4.61. The molecule has 0 spiro atoms. The summed E-state index contributed by atoms with van der Waals surface area (Å²) in [5, 5.41) is 5.44. The van der Waals surface area contributed by atoms with Crippen molar-refractivity contribution in [3.8, 4) is 0 Å². The van der Waals surface area contributed by atoms with Crippen LogP contribution in [0.4, 0.5) is 4.39 Å². The molecule has 0 aliphatic carbocycles. The van der Waals surface area contributed by atoms with E-state index >= 15 is 0 Å². The second-order valence-corrected chi connectivity index (χ2v) is 7.28. The van der Waals surface area contributed by atoms with Gasteiger partial charge < -0.3 is 10.6 Å². The Hall–Kier alpha value is -1.66. The van der Waals surface area contributed by atoms with Crippen LogP contribution in [0.3, 0.4) is 0 Å². The minimum absolute atomic E-state index is 0.0551. The number of hydrogen-bond donors (Lipinski definition) is 2. The lowest BCUT2D eigenvalue weighted by Crippen LogP contribution is -2.53. The van der Waals surface area contributed by atoms with Gasteiger partial charge in [0.15, 0.2) is 0 Å². The average Bonchev–Trinajstić information content (AvgIpc) is 2.56. The molecule has 1 fully saturated rings. The van der Waals surface area contributed by atoms with Gasteiger partial charge in [-0.15, -0.1) is 11.6 Å². The van der Waals surface area contributed by atoms with Crippen molar-refractivity contribution < 1.29 is 14.0 Å². The number of carbonyl (C=O) groups excluding carboxylic acids is 2. The predicted molar refractivity (Wildman–Crippen MR) is 96.3 cm³/mol. The van der Waals surface area contributed by atoms with Crippen LogP contribution in [0.25, 0.3) is 0 Å². The van der Waals surface area contributed by atoms with Gasteiger partial charge in [-0.2, -0.15) is 0 Å². The summed E-state index contributed by atoms with van der Waals surface area (Å²) in [6, 6.07) is 8.75. The van der Waals surface area contributed by atoms with Gasteiger partial charge >= 0.3 is 0 Å². The van der Waals surface area contributed by atoms with Crippen LogP contribution in [0.5, 0.6) is 0 Å². The zero-order valence-corrected chi connectivity index (χ0v) is 15.4. The molecule has 5 nitrogen and oxygen atoms in total. The van der Waals surface area contributed by atoms with Crippen molar-refractivity contribution in [2.75, 3.05) is 19.6 Å². The summed E-state index contributed by atoms with van der Waals surface area (Å²) in [7, 11) is 0. The lowest BCUT2D eigenvalue weighted by atomic mass is 9.92. The van der Waals surface area contributed by atoms with Crippen LogP contribution >= 0.6 is 11.6 Å². The third-order valence-electron chi connectivity index (χ3n) is 4.18. The fourth-order valence-corrected chi connectivity index (χ4v) is 3.28. The summed E-state index contributed by atoms with van der Waals surface area (Å²) in [6.07, 6.45) is 0.291. The molecule has 0 bridgehead atoms. The Morgan fingerprint density at radius 1 is 1.36 bits per heavy atom. The number of nitrogens with one attached hydrogen (secondary N) is 2. The van der Waals surface area contributed by atoms with Crippen LogP contribution in [-0.2, 0) is 4.79 Å². The van der Waals surface area contributed by atoms with Crippen LogP contribution in [-0.4, -0.2) is 53.6 Å². The molecule has 25 heavy (non-hydrogen) atoms. The van der Waals surface area contributed by atoms with Gasteiger partial charge in [0.2, 0.25) is 5.91 Å². The first-order chi connectivity index (χ1) is 11.8. The van der Waals surface area contributed by atoms with Crippen LogP contribution < -0.4 is 10.6 Å². The summed E-state index contributed by atoms with van der Waals surface area (Å²) in [5.41, 5.74) is -1.65. The summed E-state index contributed by atoms with van der Waals surface area (Å²) in [4.78, 5) is 25.6. The Morgan fingerprint density at radius 2 is 2.04 bits per heavy atom. The SMILES string of the molecule is CC(C)NC(=O)CN1CCC(F)(CNC(=O)c2ccccc2)CC1Cl. The van der Waals surface area contributed by atoms with Crippen molar-refractivity contribution in [1.29, 1.82) is 0 Å². The molecule has 1 aromatic rings. The van der Waals surface area contributed by atoms with Gasteiger partial charge in [-0.25, -0.2) is 4.39 Å². The Morgan fingerprint density at radius 3 is 2.64 bits per heavy atom. The number of nitrogens with zero attached hydrogens (tertiary/aromatic N) is 1. The van der Waals surface area contributed by atoms with Gasteiger partial charge in [-0.05, 0) is 32.4 Å². The van der Waals surface area contributed by atoms with E-state index < -0.39 is 11.2 Å². The van der Waals surface area contributed by atoms with E-state index in [0.29, 0.717) is 12.1 Å². The first-order valence-corrected chi connectivity index (χ1v) is 8.92. The number of alkyl halides is 2. The normalized spacial score (nSPS) is 24.1. The quantitative estimate of drug-likeness (QED) is 0.597. The predicted octanol–water partition coefficient (Wildman–Crippen LogP) is 2.31. The fraction of sp³-hybridized carbons (Fsp3) is 0.556. The van der Waals surface area contributed by atoms with E-state index in [2.05, 4.69) is 10.6 Å². The smallest absolute Gasteiger partial charge is 0.251 e. The summed E-state index contributed by atoms with van der Waals surface area (Å²) in [6.45, 7) is 4.20. The Balaban J connectivity index is 1.84. The Labute approximate surface area is 152 Å². The average molecular weight is 370 g/mol. The van der Waals surface area contributed by atoms with E-state index in [0.717, 1.165) is 0 Å². The number of carbonyl (C=O) groups is 2. The molecule has 0 aromatic heterocycles. The van der Waals surface area contributed by atoms with Crippen LogP contribution in [0.15, 0.2) is 30.3 Å². The van der Waals surface area contributed by atoms with E-state index in [1.54, 1.807) is 29.2 Å². The van der Waals surface area contributed by atoms with Crippen molar-refractivity contribution in [2.24, 2.45) is 0 Å². The lowest BCUT2D eigenvalue weighted by molar-refractivity contribution is -0.123. The molecule has 1 aliphatic rings. The molecule has 1 aliphatic heterocycles. The lowest BCUT2D eigenvalue weighted by Gasteiger charge is -2.39. The number of hydrogen-bond acceptors (Lipinski definition) is 3. The number of amides is 2. The van der Waals surface area contributed by atoms with Gasteiger partial charge in [-0.1, -0.05) is 18.2 Å². The second-order valence-electron chi connectivity index (χ2n) is 6.78. The Bertz CT molecular complexity index is 599. The maximum Gasteiger partial charge on any atom is 0.251 e. The minimum Gasteiger partial charge on any atom is -0.353 e. The molecule has 1 aromatic carbocycles. The van der Waals surface area contributed by atoms with Crippen molar-refractivity contribution in [2.45, 2.75) is 43.9 Å². The molecule has 0 saturated carbocycles.